The summed E-state index contributed by atoms with van der Waals surface area (Å²) < 4.78 is 19.2. The third kappa shape index (κ3) is 4.92. The van der Waals surface area contributed by atoms with Crippen molar-refractivity contribution in [2.75, 3.05) is 32.8 Å². The number of rotatable bonds is 6. The quantitative estimate of drug-likeness (QED) is 0.759. The highest BCUT2D eigenvalue weighted by atomic mass is 35.5. The van der Waals surface area contributed by atoms with Crippen LogP contribution in [0.4, 0.5) is 4.39 Å². The maximum atomic E-state index is 13.8. The molecule has 26 heavy (non-hydrogen) atoms. The van der Waals surface area contributed by atoms with Crippen LogP contribution in [0.5, 0.6) is 0 Å². The van der Waals surface area contributed by atoms with Crippen LogP contribution in [0, 0.1) is 5.82 Å². The third-order valence-electron chi connectivity index (χ3n) is 4.23. The van der Waals surface area contributed by atoms with Gasteiger partial charge in [-0.05, 0) is 29.7 Å². The van der Waals surface area contributed by atoms with Gasteiger partial charge in [-0.3, -0.25) is 9.69 Å². The first-order valence-electron chi connectivity index (χ1n) is 8.40. The second-order valence-corrected chi connectivity index (χ2v) is 7.28. The van der Waals surface area contributed by atoms with Gasteiger partial charge in [0, 0.05) is 36.2 Å². The fraction of sp³-hybridized carbons (Fsp3) is 0.316. The topological polar surface area (TPSA) is 41.6 Å². The van der Waals surface area contributed by atoms with Crippen LogP contribution in [0.2, 0.25) is 5.02 Å². The maximum Gasteiger partial charge on any atom is 0.244 e. The normalized spacial score (nSPS) is 16.7. The molecule has 2 heterocycles. The van der Waals surface area contributed by atoms with Gasteiger partial charge in [-0.2, -0.15) is 0 Å². The molecular weight excluding hydrogens is 375 g/mol. The van der Waals surface area contributed by atoms with Gasteiger partial charge >= 0.3 is 0 Å². The number of amides is 1. The second-order valence-electron chi connectivity index (χ2n) is 5.89. The number of thiophene rings is 1. The smallest absolute Gasteiger partial charge is 0.244 e. The van der Waals surface area contributed by atoms with E-state index in [1.54, 1.807) is 17.4 Å². The van der Waals surface area contributed by atoms with Gasteiger partial charge in [0.25, 0.3) is 0 Å². The van der Waals surface area contributed by atoms with Crippen LogP contribution in [0.3, 0.4) is 0 Å². The Balaban J connectivity index is 1.63. The maximum absolute atomic E-state index is 13.8. The summed E-state index contributed by atoms with van der Waals surface area (Å²) in [6, 6.07) is 8.63. The first kappa shape index (κ1) is 19.0. The molecule has 0 bridgehead atoms. The minimum atomic E-state index is -0.452. The first-order chi connectivity index (χ1) is 12.6. The molecule has 1 fully saturated rings. The Bertz CT molecular complexity index is 741. The Kier molecular flexibility index (Phi) is 6.80. The average molecular weight is 395 g/mol. The number of carbonyl (C=O) groups is 1. The van der Waals surface area contributed by atoms with E-state index in [0.717, 1.165) is 13.1 Å². The highest BCUT2D eigenvalue weighted by Crippen LogP contribution is 2.25. The summed E-state index contributed by atoms with van der Waals surface area (Å²) in [6.07, 6.45) is 2.72. The summed E-state index contributed by atoms with van der Waals surface area (Å²) in [5.41, 5.74) is 0.215. The molecule has 0 radical (unpaired) electrons. The summed E-state index contributed by atoms with van der Waals surface area (Å²) in [7, 11) is 0. The van der Waals surface area contributed by atoms with Gasteiger partial charge in [-0.1, -0.05) is 23.7 Å². The van der Waals surface area contributed by atoms with Crippen LogP contribution < -0.4 is 5.32 Å². The molecule has 0 saturated carbocycles. The Morgan fingerprint density at radius 2 is 2.15 bits per heavy atom. The lowest BCUT2D eigenvalue weighted by Gasteiger charge is -2.34. The molecule has 3 rings (SSSR count). The highest BCUT2D eigenvalue weighted by molar-refractivity contribution is 7.10. The second kappa shape index (κ2) is 9.28. The molecule has 1 N–H and O–H groups in total. The SMILES string of the molecule is O=C(C=Cc1c(F)cccc1Cl)NCC(c1cccs1)N1CCOCC1. The number of hydrogen-bond donors (Lipinski definition) is 1. The third-order valence-corrected chi connectivity index (χ3v) is 5.53. The summed E-state index contributed by atoms with van der Waals surface area (Å²) in [5.74, 6) is -0.731. The summed E-state index contributed by atoms with van der Waals surface area (Å²) in [5, 5.41) is 5.22. The van der Waals surface area contributed by atoms with Crippen molar-refractivity contribution in [3.63, 3.8) is 0 Å². The molecule has 1 amide bonds. The predicted octanol–water partition coefficient (Wildman–Crippen LogP) is 3.74. The minimum Gasteiger partial charge on any atom is -0.379 e. The molecule has 0 spiro atoms. The molecule has 1 aliphatic rings. The molecule has 7 heteroatoms. The van der Waals surface area contributed by atoms with E-state index in [9.17, 15) is 9.18 Å². The van der Waals surface area contributed by atoms with Gasteiger partial charge in [0.05, 0.1) is 24.3 Å². The Morgan fingerprint density at radius 3 is 2.85 bits per heavy atom. The van der Waals surface area contributed by atoms with Crippen molar-refractivity contribution in [1.29, 1.82) is 0 Å². The number of hydrogen-bond acceptors (Lipinski definition) is 4. The number of nitrogens with zero attached hydrogens (tertiary/aromatic N) is 1. The molecule has 1 atom stereocenters. The number of ether oxygens (including phenoxy) is 1. The van der Waals surface area contributed by atoms with E-state index >= 15 is 0 Å². The average Bonchev–Trinajstić information content (AvgIpc) is 3.17. The van der Waals surface area contributed by atoms with Crippen LogP contribution in [-0.2, 0) is 9.53 Å². The van der Waals surface area contributed by atoms with Crippen molar-refractivity contribution in [3.05, 3.63) is 63.1 Å². The van der Waals surface area contributed by atoms with E-state index in [4.69, 9.17) is 16.3 Å². The Morgan fingerprint density at radius 1 is 1.35 bits per heavy atom. The number of halogens is 2. The zero-order chi connectivity index (χ0) is 18.4. The van der Waals surface area contributed by atoms with Crippen LogP contribution in [-0.4, -0.2) is 43.7 Å². The van der Waals surface area contributed by atoms with Gasteiger partial charge in [0.1, 0.15) is 5.82 Å². The monoisotopic (exact) mass is 394 g/mol. The van der Waals surface area contributed by atoms with E-state index in [2.05, 4.69) is 16.3 Å². The molecular formula is C19H20ClFN2O2S. The summed E-state index contributed by atoms with van der Waals surface area (Å²) in [4.78, 5) is 15.7. The van der Waals surface area contributed by atoms with Crippen LogP contribution in [0.15, 0.2) is 41.8 Å². The lowest BCUT2D eigenvalue weighted by Crippen LogP contribution is -2.43. The molecule has 1 aromatic heterocycles. The van der Waals surface area contributed by atoms with Crippen molar-refractivity contribution in [2.24, 2.45) is 0 Å². The molecule has 1 aliphatic heterocycles. The van der Waals surface area contributed by atoms with E-state index in [0.29, 0.717) is 19.8 Å². The van der Waals surface area contributed by atoms with Crippen molar-refractivity contribution < 1.29 is 13.9 Å². The van der Waals surface area contributed by atoms with Crippen molar-refractivity contribution in [3.8, 4) is 0 Å². The summed E-state index contributed by atoms with van der Waals surface area (Å²) >= 11 is 7.64. The lowest BCUT2D eigenvalue weighted by atomic mass is 10.1. The van der Waals surface area contributed by atoms with E-state index < -0.39 is 5.82 Å². The number of carbonyl (C=O) groups excluding carboxylic acids is 1. The zero-order valence-corrected chi connectivity index (χ0v) is 15.7. The molecule has 1 aromatic carbocycles. The predicted molar refractivity (Wildman–Crippen MR) is 103 cm³/mol. The zero-order valence-electron chi connectivity index (χ0n) is 14.2. The fourth-order valence-electron chi connectivity index (χ4n) is 2.86. The Hall–Kier alpha value is -1.73. The van der Waals surface area contributed by atoms with Crippen LogP contribution in [0.1, 0.15) is 16.5 Å². The lowest BCUT2D eigenvalue weighted by molar-refractivity contribution is -0.116. The molecule has 1 unspecified atom stereocenters. The van der Waals surface area contributed by atoms with Crippen molar-refractivity contribution in [2.45, 2.75) is 6.04 Å². The number of nitrogens with one attached hydrogen (secondary N) is 1. The fourth-order valence-corrected chi connectivity index (χ4v) is 3.95. The van der Waals surface area contributed by atoms with E-state index in [1.165, 1.54) is 29.2 Å². The highest BCUT2D eigenvalue weighted by Gasteiger charge is 2.23. The van der Waals surface area contributed by atoms with Crippen LogP contribution in [0.25, 0.3) is 6.08 Å². The molecule has 2 aromatic rings. The van der Waals surface area contributed by atoms with Gasteiger partial charge in [0.2, 0.25) is 5.91 Å². The van der Waals surface area contributed by atoms with Gasteiger partial charge < -0.3 is 10.1 Å². The largest absolute Gasteiger partial charge is 0.379 e. The number of benzene rings is 1. The molecule has 0 aliphatic carbocycles. The summed E-state index contributed by atoms with van der Waals surface area (Å²) in [6.45, 7) is 3.54. The minimum absolute atomic E-state index is 0.105. The van der Waals surface area contributed by atoms with Crippen molar-refractivity contribution in [1.82, 2.24) is 10.2 Å². The van der Waals surface area contributed by atoms with Gasteiger partial charge in [0.15, 0.2) is 0 Å². The molecule has 138 valence electrons. The van der Waals surface area contributed by atoms with Gasteiger partial charge in [-0.25, -0.2) is 4.39 Å². The Labute approximate surface area is 161 Å². The molecule has 1 saturated heterocycles. The number of morpholine rings is 1. The van der Waals surface area contributed by atoms with Crippen molar-refractivity contribution >= 4 is 34.9 Å². The standard InChI is InChI=1S/C19H20ClFN2O2S/c20-15-3-1-4-16(21)14(15)6-7-19(24)22-13-17(18-5-2-12-26-18)23-8-10-25-11-9-23/h1-7,12,17H,8-11,13H2,(H,22,24). The first-order valence-corrected chi connectivity index (χ1v) is 9.66. The van der Waals surface area contributed by atoms with E-state index in [-0.39, 0.29) is 22.5 Å². The van der Waals surface area contributed by atoms with Crippen LogP contribution >= 0.6 is 22.9 Å². The van der Waals surface area contributed by atoms with Gasteiger partial charge in [-0.15, -0.1) is 11.3 Å². The van der Waals surface area contributed by atoms with E-state index in [1.807, 2.05) is 11.4 Å². The molecule has 4 nitrogen and oxygen atoms in total.